The number of nitrogens with two attached hydrogens (primary N) is 1. The number of aliphatic hydroxyl groups is 1. The number of fused-ring (bicyclic) bond motifs is 1. The molecular weight excluding hydrogens is 943 g/mol. The maximum Gasteiger partial charge on any atom is 0.302 e. The van der Waals surface area contributed by atoms with Crippen LogP contribution in [0.25, 0.3) is 0 Å². The zero-order chi connectivity index (χ0) is 51.6. The zero-order valence-electron chi connectivity index (χ0n) is 42.5. The second kappa shape index (κ2) is 24.1. The molecule has 1 aliphatic carbocycles. The standard InChI is InChI=1S/C56H71N9O9/c1-35(67)72-42-29-40(73-49(30-42)39-27-48(69)53(70)51(28-39)71-24-17-38-8-4-19-59-32-38)13-11-37-12-14-47(68)50(25-37)74-41-9-3-18-56(31-41)44(33-58-2)54(65-34-45-43(16-22-60-45)46(65)10-6-23-66)63-55(64-56)62-20-5-7-36-15-21-61-52(57)26-36/h4,8,12,14-16,19,21-22,25-28,32,40-42,44,49,54,58,66,68-70H,3,5-7,9-11,13,17-18,20,23-24,29-31,33-34H2,1-2H3,(H2,57,61)(H2,62,63,64)/p+1. The van der Waals surface area contributed by atoms with E-state index in [1.165, 1.54) is 29.2 Å². The number of aliphatic hydroxyl groups excluding tert-OH is 1. The molecule has 1 saturated carbocycles. The zero-order valence-corrected chi connectivity index (χ0v) is 42.5. The van der Waals surface area contributed by atoms with Crippen LogP contribution >= 0.6 is 0 Å². The summed E-state index contributed by atoms with van der Waals surface area (Å²) in [5, 5.41) is 54.2. The summed E-state index contributed by atoms with van der Waals surface area (Å²) >= 11 is 0. The number of aromatic nitrogens is 2. The quantitative estimate of drug-likeness (QED) is 0.0307. The SMILES string of the molecule is CNCC1C([NH+]2CC3=NC=CC3=C2CCCO)NC(=NCCCc2ccnc(N)c2)NC12CCCC(Oc1cc(CCC3CC(OC(C)=O)CC(c4cc(O)c(O)c(OCCc5cccnc5)c4)O3)ccc1O)C2. The van der Waals surface area contributed by atoms with E-state index < -0.39 is 23.7 Å². The Hall–Kier alpha value is -6.73. The highest BCUT2D eigenvalue weighted by Crippen LogP contribution is 2.44. The van der Waals surface area contributed by atoms with Crippen LogP contribution in [0.2, 0.25) is 0 Å². The molecule has 18 heteroatoms. The van der Waals surface area contributed by atoms with E-state index in [-0.39, 0.29) is 60.5 Å². The van der Waals surface area contributed by atoms with Crippen molar-refractivity contribution in [1.29, 1.82) is 0 Å². The van der Waals surface area contributed by atoms with Gasteiger partial charge >= 0.3 is 5.97 Å². The summed E-state index contributed by atoms with van der Waals surface area (Å²) in [5.41, 5.74) is 12.7. The van der Waals surface area contributed by atoms with Crippen LogP contribution in [0.1, 0.15) is 99.5 Å². The first-order valence-electron chi connectivity index (χ1n) is 26.2. The number of quaternary nitrogens is 1. The minimum absolute atomic E-state index is 0.0611. The van der Waals surface area contributed by atoms with Gasteiger partial charge in [-0.05, 0) is 129 Å². The molecule has 5 aliphatic rings. The lowest BCUT2D eigenvalue weighted by molar-refractivity contribution is -0.885. The van der Waals surface area contributed by atoms with E-state index in [0.717, 1.165) is 80.0 Å². The van der Waals surface area contributed by atoms with E-state index in [4.69, 9.17) is 34.7 Å². The third-order valence-electron chi connectivity index (χ3n) is 15.1. The van der Waals surface area contributed by atoms with E-state index in [1.807, 2.05) is 49.6 Å². The highest BCUT2D eigenvalue weighted by molar-refractivity contribution is 6.07. The van der Waals surface area contributed by atoms with Crippen LogP contribution in [0.4, 0.5) is 5.82 Å². The number of pyridine rings is 2. The van der Waals surface area contributed by atoms with Gasteiger partial charge in [-0.25, -0.2) is 4.98 Å². The Kier molecular flexibility index (Phi) is 17.0. The number of ether oxygens (including phenoxy) is 4. The van der Waals surface area contributed by atoms with Crippen LogP contribution in [-0.4, -0.2) is 118 Å². The first kappa shape index (κ1) is 52.1. The molecule has 74 heavy (non-hydrogen) atoms. The lowest BCUT2D eigenvalue weighted by Crippen LogP contribution is -3.18. The summed E-state index contributed by atoms with van der Waals surface area (Å²) in [6.45, 7) is 3.81. The number of phenolic OH excluding ortho intramolecular Hbond substituents is 3. The number of anilines is 1. The lowest BCUT2D eigenvalue weighted by Gasteiger charge is -2.53. The highest BCUT2D eigenvalue weighted by atomic mass is 16.6. The Labute approximate surface area is 432 Å². The van der Waals surface area contributed by atoms with Gasteiger partial charge in [0.15, 0.2) is 35.1 Å². The molecule has 8 atom stereocenters. The van der Waals surface area contributed by atoms with Gasteiger partial charge in [0.1, 0.15) is 36.0 Å². The average Bonchev–Trinajstić information content (AvgIpc) is 4.00. The number of aryl methyl sites for hydroxylation is 2. The summed E-state index contributed by atoms with van der Waals surface area (Å²) in [6.07, 6.45) is 16.5. The van der Waals surface area contributed by atoms with Gasteiger partial charge in [0.05, 0.1) is 35.8 Å². The Morgan fingerprint density at radius 3 is 2.68 bits per heavy atom. The van der Waals surface area contributed by atoms with Crippen molar-refractivity contribution in [3.05, 3.63) is 119 Å². The Bertz CT molecular complexity index is 2720. The van der Waals surface area contributed by atoms with Crippen molar-refractivity contribution in [3.63, 3.8) is 0 Å². The lowest BCUT2D eigenvalue weighted by atomic mass is 9.69. The molecule has 0 radical (unpaired) electrons. The molecule has 3 fully saturated rings. The van der Waals surface area contributed by atoms with Gasteiger partial charge in [0, 0.05) is 83.5 Å². The average molecular weight is 1020 g/mol. The molecular formula is C56H72N9O9+. The molecule has 2 saturated heterocycles. The number of nitrogen functional groups attached to an aromatic ring is 1. The number of carbonyl (C=O) groups excluding carboxylic acids is 1. The van der Waals surface area contributed by atoms with Gasteiger partial charge in [-0.3, -0.25) is 24.7 Å². The van der Waals surface area contributed by atoms with Crippen LogP contribution in [0.5, 0.6) is 28.7 Å². The number of phenols is 3. The Morgan fingerprint density at radius 1 is 0.986 bits per heavy atom. The minimum Gasteiger partial charge on any atom is -0.504 e. The summed E-state index contributed by atoms with van der Waals surface area (Å²) in [5.74, 6) is 0.866. The van der Waals surface area contributed by atoms with Crippen LogP contribution in [0.15, 0.2) is 107 Å². The molecule has 0 bridgehead atoms. The summed E-state index contributed by atoms with van der Waals surface area (Å²) < 4.78 is 25.3. The van der Waals surface area contributed by atoms with Crippen molar-refractivity contribution in [2.45, 2.75) is 127 Å². The Morgan fingerprint density at radius 2 is 1.86 bits per heavy atom. The molecule has 2 aromatic carbocycles. The first-order chi connectivity index (χ1) is 36.0. The first-order valence-corrected chi connectivity index (χ1v) is 26.2. The maximum atomic E-state index is 12.3. The number of hydrogen-bond donors (Lipinski definition) is 9. The molecule has 9 rings (SSSR count). The van der Waals surface area contributed by atoms with E-state index in [9.17, 15) is 25.2 Å². The molecule has 394 valence electrons. The monoisotopic (exact) mass is 1010 g/mol. The third kappa shape index (κ3) is 12.6. The molecule has 1 spiro atoms. The number of carbonyl (C=O) groups is 1. The van der Waals surface area contributed by atoms with Gasteiger partial charge in [-0.2, -0.15) is 0 Å². The van der Waals surface area contributed by atoms with Gasteiger partial charge in [0.2, 0.25) is 5.75 Å². The number of guanidine groups is 1. The fraction of sp³-hybridized carbons (Fsp3) is 0.482. The van der Waals surface area contributed by atoms with Crippen LogP contribution < -0.4 is 36.1 Å². The van der Waals surface area contributed by atoms with Crippen LogP contribution in [-0.2, 0) is 33.5 Å². The van der Waals surface area contributed by atoms with Gasteiger partial charge < -0.3 is 61.1 Å². The normalized spacial score (nSPS) is 25.9. The summed E-state index contributed by atoms with van der Waals surface area (Å²) in [6, 6.07) is 16.3. The second-order valence-electron chi connectivity index (χ2n) is 20.3. The van der Waals surface area contributed by atoms with E-state index >= 15 is 0 Å². The topological polar surface area (TPSA) is 252 Å². The molecule has 4 aromatic rings. The molecule has 6 heterocycles. The Balaban J connectivity index is 0.906. The van der Waals surface area contributed by atoms with Crippen molar-refractivity contribution in [2.24, 2.45) is 15.9 Å². The number of esters is 1. The molecule has 18 nitrogen and oxygen atoms in total. The summed E-state index contributed by atoms with van der Waals surface area (Å²) in [7, 11) is 2.00. The molecule has 0 amide bonds. The third-order valence-corrected chi connectivity index (χ3v) is 15.1. The van der Waals surface area contributed by atoms with E-state index in [1.54, 1.807) is 30.7 Å². The van der Waals surface area contributed by atoms with Crippen molar-refractivity contribution in [1.82, 2.24) is 25.9 Å². The van der Waals surface area contributed by atoms with E-state index in [0.29, 0.717) is 68.6 Å². The number of rotatable bonds is 21. The van der Waals surface area contributed by atoms with Crippen molar-refractivity contribution < 1.29 is 49.1 Å². The van der Waals surface area contributed by atoms with Gasteiger partial charge in [-0.1, -0.05) is 12.1 Å². The minimum atomic E-state index is -0.559. The fourth-order valence-corrected chi connectivity index (χ4v) is 11.7. The number of allylic oxidation sites excluding steroid dienone is 2. The number of aromatic hydroxyl groups is 3. The van der Waals surface area contributed by atoms with E-state index in [2.05, 4.69) is 32.0 Å². The number of aliphatic imine (C=N–C) groups is 2. The molecule has 8 unspecified atom stereocenters. The summed E-state index contributed by atoms with van der Waals surface area (Å²) in [4.78, 5) is 31.8. The smallest absolute Gasteiger partial charge is 0.302 e. The van der Waals surface area contributed by atoms with Crippen LogP contribution in [0, 0.1) is 5.92 Å². The number of benzene rings is 2. The molecule has 10 N–H and O–H groups in total. The van der Waals surface area contributed by atoms with Gasteiger partial charge in [0.25, 0.3) is 0 Å². The van der Waals surface area contributed by atoms with Crippen molar-refractivity contribution >= 4 is 23.5 Å². The van der Waals surface area contributed by atoms with Crippen LogP contribution in [0.3, 0.4) is 0 Å². The second-order valence-corrected chi connectivity index (χ2v) is 20.3. The number of nitrogens with zero attached hydrogens (tertiary/aromatic N) is 4. The largest absolute Gasteiger partial charge is 0.504 e. The maximum absolute atomic E-state index is 12.3. The highest BCUT2D eigenvalue weighted by Gasteiger charge is 2.55. The predicted molar refractivity (Wildman–Crippen MR) is 280 cm³/mol. The van der Waals surface area contributed by atoms with Crippen molar-refractivity contribution in [3.8, 4) is 28.7 Å². The molecule has 2 aromatic heterocycles. The fourth-order valence-electron chi connectivity index (χ4n) is 11.7. The number of nitrogens with one attached hydrogen (secondary N) is 4. The predicted octanol–water partition coefficient (Wildman–Crippen LogP) is 4.88. The van der Waals surface area contributed by atoms with Crippen molar-refractivity contribution in [2.75, 3.05) is 45.6 Å². The number of hydrogen-bond acceptors (Lipinski definition) is 15. The molecule has 4 aliphatic heterocycles. The van der Waals surface area contributed by atoms with Gasteiger partial charge in [-0.15, -0.1) is 0 Å².